The lowest BCUT2D eigenvalue weighted by Gasteiger charge is -2.35. The highest BCUT2D eigenvalue weighted by Crippen LogP contribution is 2.20. The molecule has 1 rings (SSSR count). The Morgan fingerprint density at radius 1 is 1.56 bits per heavy atom. The minimum Gasteiger partial charge on any atom is -0.469 e. The summed E-state index contributed by atoms with van der Waals surface area (Å²) in [5.41, 5.74) is 0. The van der Waals surface area contributed by atoms with Crippen LogP contribution in [0.15, 0.2) is 0 Å². The van der Waals surface area contributed by atoms with E-state index in [1.54, 1.807) is 6.92 Å². The Bertz CT molecular complexity index is 218. The Morgan fingerprint density at radius 3 is 2.94 bits per heavy atom. The third kappa shape index (κ3) is 4.49. The molecule has 4 heteroatoms. The number of esters is 1. The molecule has 1 heterocycles. The van der Waals surface area contributed by atoms with Gasteiger partial charge in [-0.05, 0) is 32.7 Å². The first-order chi connectivity index (χ1) is 7.63. The summed E-state index contributed by atoms with van der Waals surface area (Å²) in [6, 6.07) is 0.306. The molecule has 0 saturated carbocycles. The number of methoxy groups -OCH3 is 1. The van der Waals surface area contributed by atoms with Gasteiger partial charge in [-0.3, -0.25) is 9.69 Å². The first-order valence-corrected chi connectivity index (χ1v) is 6.12. The molecule has 16 heavy (non-hydrogen) atoms. The Morgan fingerprint density at radius 2 is 2.31 bits per heavy atom. The van der Waals surface area contributed by atoms with Crippen LogP contribution in [-0.4, -0.2) is 48.3 Å². The van der Waals surface area contributed by atoms with E-state index in [9.17, 15) is 9.90 Å². The van der Waals surface area contributed by atoms with Gasteiger partial charge in [0.15, 0.2) is 0 Å². The number of ether oxygens (including phenoxy) is 1. The lowest BCUT2D eigenvalue weighted by molar-refractivity contribution is -0.142. The zero-order valence-corrected chi connectivity index (χ0v) is 10.3. The molecule has 1 aliphatic heterocycles. The molecule has 2 unspecified atom stereocenters. The number of rotatable bonds is 5. The van der Waals surface area contributed by atoms with Crippen molar-refractivity contribution in [3.8, 4) is 0 Å². The summed E-state index contributed by atoms with van der Waals surface area (Å²) in [7, 11) is 1.44. The highest BCUT2D eigenvalue weighted by Gasteiger charge is 2.24. The van der Waals surface area contributed by atoms with Crippen LogP contribution in [0.5, 0.6) is 0 Å². The molecule has 0 aliphatic carbocycles. The maximum atomic E-state index is 11.3. The molecule has 0 aromatic heterocycles. The molecule has 1 saturated heterocycles. The van der Waals surface area contributed by atoms with Crippen molar-refractivity contribution < 1.29 is 14.6 Å². The standard InChI is InChI=1S/C12H23NO3/c1-10(14)6-8-13-7-4-3-5-11(13)9-12(15)16-2/h10-11,14H,3-9H2,1-2H3. The third-order valence-corrected chi connectivity index (χ3v) is 3.21. The average molecular weight is 229 g/mol. The van der Waals surface area contributed by atoms with Crippen LogP contribution in [0.1, 0.15) is 39.0 Å². The molecule has 1 N–H and O–H groups in total. The zero-order valence-electron chi connectivity index (χ0n) is 10.3. The average Bonchev–Trinajstić information content (AvgIpc) is 2.27. The first kappa shape index (κ1) is 13.5. The Hall–Kier alpha value is -0.610. The van der Waals surface area contributed by atoms with Gasteiger partial charge in [-0.15, -0.1) is 0 Å². The summed E-state index contributed by atoms with van der Waals surface area (Å²) in [4.78, 5) is 13.6. The smallest absolute Gasteiger partial charge is 0.307 e. The fourth-order valence-electron chi connectivity index (χ4n) is 2.21. The number of hydrogen-bond donors (Lipinski definition) is 1. The van der Waals surface area contributed by atoms with Gasteiger partial charge in [0.2, 0.25) is 0 Å². The molecule has 0 radical (unpaired) electrons. The fourth-order valence-corrected chi connectivity index (χ4v) is 2.21. The zero-order chi connectivity index (χ0) is 12.0. The number of aliphatic hydroxyl groups is 1. The Kier molecular flexibility index (Phi) is 5.77. The molecule has 1 fully saturated rings. The minimum atomic E-state index is -0.263. The maximum absolute atomic E-state index is 11.3. The van der Waals surface area contributed by atoms with Gasteiger partial charge in [-0.25, -0.2) is 0 Å². The molecule has 0 bridgehead atoms. The predicted octanol–water partition coefficient (Wildman–Crippen LogP) is 1.17. The van der Waals surface area contributed by atoms with Gasteiger partial charge in [0.05, 0.1) is 19.6 Å². The van der Waals surface area contributed by atoms with Crippen molar-refractivity contribution in [1.29, 1.82) is 0 Å². The van der Waals surface area contributed by atoms with Crippen LogP contribution < -0.4 is 0 Å². The van der Waals surface area contributed by atoms with E-state index in [1.165, 1.54) is 20.0 Å². The van der Waals surface area contributed by atoms with E-state index >= 15 is 0 Å². The van der Waals surface area contributed by atoms with E-state index in [4.69, 9.17) is 4.74 Å². The monoisotopic (exact) mass is 229 g/mol. The quantitative estimate of drug-likeness (QED) is 0.719. The van der Waals surface area contributed by atoms with E-state index in [2.05, 4.69) is 4.90 Å². The van der Waals surface area contributed by atoms with Crippen LogP contribution in [0.3, 0.4) is 0 Å². The van der Waals surface area contributed by atoms with Crippen LogP contribution in [-0.2, 0) is 9.53 Å². The highest BCUT2D eigenvalue weighted by atomic mass is 16.5. The van der Waals surface area contributed by atoms with Crippen LogP contribution >= 0.6 is 0 Å². The fraction of sp³-hybridized carbons (Fsp3) is 0.917. The molecule has 0 aromatic carbocycles. The summed E-state index contributed by atoms with van der Waals surface area (Å²) in [6.07, 6.45) is 4.44. The van der Waals surface area contributed by atoms with Crippen LogP contribution in [0.4, 0.5) is 0 Å². The number of likely N-dealkylation sites (tertiary alicyclic amines) is 1. The van der Waals surface area contributed by atoms with E-state index in [0.717, 1.165) is 25.9 Å². The Balaban J connectivity index is 2.40. The third-order valence-electron chi connectivity index (χ3n) is 3.21. The Labute approximate surface area is 97.6 Å². The van der Waals surface area contributed by atoms with Crippen molar-refractivity contribution in [3.63, 3.8) is 0 Å². The van der Waals surface area contributed by atoms with E-state index in [0.29, 0.717) is 12.5 Å². The molecule has 0 aromatic rings. The number of aliphatic hydroxyl groups excluding tert-OH is 1. The number of carbonyl (C=O) groups excluding carboxylic acids is 1. The number of piperidine rings is 1. The van der Waals surface area contributed by atoms with Crippen LogP contribution in [0, 0.1) is 0 Å². The summed E-state index contributed by atoms with van der Waals surface area (Å²) < 4.78 is 4.71. The molecule has 0 amide bonds. The van der Waals surface area contributed by atoms with Gasteiger partial charge in [0.25, 0.3) is 0 Å². The predicted molar refractivity (Wildman–Crippen MR) is 62.1 cm³/mol. The highest BCUT2D eigenvalue weighted by molar-refractivity contribution is 5.69. The molecule has 94 valence electrons. The number of carbonyl (C=O) groups is 1. The molecule has 4 nitrogen and oxygen atoms in total. The van der Waals surface area contributed by atoms with Gasteiger partial charge < -0.3 is 9.84 Å². The first-order valence-electron chi connectivity index (χ1n) is 6.12. The molecular formula is C12H23NO3. The summed E-state index contributed by atoms with van der Waals surface area (Å²) in [6.45, 7) is 3.72. The lowest BCUT2D eigenvalue weighted by Crippen LogP contribution is -2.42. The summed E-state index contributed by atoms with van der Waals surface area (Å²) in [5.74, 6) is -0.131. The topological polar surface area (TPSA) is 49.8 Å². The van der Waals surface area contributed by atoms with Gasteiger partial charge >= 0.3 is 5.97 Å². The van der Waals surface area contributed by atoms with Crippen molar-refractivity contribution in [2.75, 3.05) is 20.2 Å². The molecular weight excluding hydrogens is 206 g/mol. The maximum Gasteiger partial charge on any atom is 0.307 e. The van der Waals surface area contributed by atoms with E-state index < -0.39 is 0 Å². The SMILES string of the molecule is COC(=O)CC1CCCCN1CCC(C)O. The second-order valence-electron chi connectivity index (χ2n) is 4.60. The van der Waals surface area contributed by atoms with Crippen molar-refractivity contribution in [3.05, 3.63) is 0 Å². The van der Waals surface area contributed by atoms with Crippen LogP contribution in [0.25, 0.3) is 0 Å². The summed E-state index contributed by atoms with van der Waals surface area (Å²) in [5, 5.41) is 9.28. The number of hydrogen-bond acceptors (Lipinski definition) is 4. The van der Waals surface area contributed by atoms with Gasteiger partial charge in [0.1, 0.15) is 0 Å². The largest absolute Gasteiger partial charge is 0.469 e. The minimum absolute atomic E-state index is 0.131. The second kappa shape index (κ2) is 6.86. The van der Waals surface area contributed by atoms with Crippen molar-refractivity contribution in [1.82, 2.24) is 4.90 Å². The van der Waals surface area contributed by atoms with Crippen molar-refractivity contribution in [2.45, 2.75) is 51.2 Å². The molecule has 2 atom stereocenters. The summed E-state index contributed by atoms with van der Waals surface area (Å²) >= 11 is 0. The molecule has 0 spiro atoms. The second-order valence-corrected chi connectivity index (χ2v) is 4.60. The van der Waals surface area contributed by atoms with Gasteiger partial charge in [0, 0.05) is 12.6 Å². The van der Waals surface area contributed by atoms with Crippen molar-refractivity contribution >= 4 is 5.97 Å². The van der Waals surface area contributed by atoms with Crippen molar-refractivity contribution in [2.24, 2.45) is 0 Å². The van der Waals surface area contributed by atoms with Gasteiger partial charge in [-0.1, -0.05) is 6.42 Å². The number of nitrogens with zero attached hydrogens (tertiary/aromatic N) is 1. The van der Waals surface area contributed by atoms with Gasteiger partial charge in [-0.2, -0.15) is 0 Å². The van der Waals surface area contributed by atoms with E-state index in [1.807, 2.05) is 0 Å². The van der Waals surface area contributed by atoms with E-state index in [-0.39, 0.29) is 12.1 Å². The normalized spacial score (nSPS) is 24.1. The lowest BCUT2D eigenvalue weighted by atomic mass is 9.99. The van der Waals surface area contributed by atoms with Crippen LogP contribution in [0.2, 0.25) is 0 Å². The molecule has 1 aliphatic rings.